The van der Waals surface area contributed by atoms with Crippen molar-refractivity contribution in [2.24, 2.45) is 0 Å². The van der Waals surface area contributed by atoms with E-state index in [0.717, 1.165) is 36.9 Å². The van der Waals surface area contributed by atoms with Gasteiger partial charge in [-0.25, -0.2) is 4.68 Å². The topological polar surface area (TPSA) is 67.2 Å². The third-order valence-electron chi connectivity index (χ3n) is 4.26. The fourth-order valence-corrected chi connectivity index (χ4v) is 3.18. The molecule has 0 aliphatic heterocycles. The summed E-state index contributed by atoms with van der Waals surface area (Å²) in [6.07, 6.45) is 4.88. The number of para-hydroxylation sites is 1. The third kappa shape index (κ3) is 3.41. The van der Waals surface area contributed by atoms with E-state index < -0.39 is 6.10 Å². The molecule has 1 heterocycles. The first-order valence-corrected chi connectivity index (χ1v) is 8.24. The molecule has 1 fully saturated rings. The standard InChI is InChI=1S/C17H20ClN3O2/c1-11-10-21(14-8-4-2-6-12(14)18)20-16(11)17(23)19-13-7-3-5-9-15(13)22/h2,4,6,8,10,13,15,22H,3,5,7,9H2,1H3,(H,19,23). The van der Waals surface area contributed by atoms with Crippen LogP contribution < -0.4 is 5.32 Å². The molecule has 2 N–H and O–H groups in total. The molecule has 1 amide bonds. The van der Waals surface area contributed by atoms with Gasteiger partial charge >= 0.3 is 0 Å². The summed E-state index contributed by atoms with van der Waals surface area (Å²) in [6.45, 7) is 1.84. The number of hydrogen-bond donors (Lipinski definition) is 2. The normalized spacial score (nSPS) is 21.2. The number of aliphatic hydroxyl groups excluding tert-OH is 1. The zero-order valence-electron chi connectivity index (χ0n) is 13.0. The van der Waals surface area contributed by atoms with Gasteiger partial charge in [-0.15, -0.1) is 0 Å². The van der Waals surface area contributed by atoms with Crippen molar-refractivity contribution in [2.75, 3.05) is 0 Å². The van der Waals surface area contributed by atoms with E-state index in [0.29, 0.717) is 10.7 Å². The Balaban J connectivity index is 1.80. The lowest BCUT2D eigenvalue weighted by Gasteiger charge is -2.28. The lowest BCUT2D eigenvalue weighted by atomic mass is 9.92. The van der Waals surface area contributed by atoms with Crippen LogP contribution in [0, 0.1) is 6.92 Å². The summed E-state index contributed by atoms with van der Waals surface area (Å²) in [5, 5.41) is 17.8. The van der Waals surface area contributed by atoms with Crippen LogP contribution in [-0.2, 0) is 0 Å². The summed E-state index contributed by atoms with van der Waals surface area (Å²) in [5.74, 6) is -0.251. The van der Waals surface area contributed by atoms with Crippen molar-refractivity contribution in [1.82, 2.24) is 15.1 Å². The number of carbonyl (C=O) groups excluding carboxylic acids is 1. The average Bonchev–Trinajstić information content (AvgIpc) is 2.92. The molecule has 2 unspecified atom stereocenters. The molecule has 6 heteroatoms. The van der Waals surface area contributed by atoms with Crippen LogP contribution in [0.15, 0.2) is 30.5 Å². The van der Waals surface area contributed by atoms with Gasteiger partial charge in [0.1, 0.15) is 0 Å². The van der Waals surface area contributed by atoms with Crippen molar-refractivity contribution in [3.05, 3.63) is 46.7 Å². The molecule has 0 saturated heterocycles. The summed E-state index contributed by atoms with van der Waals surface area (Å²) in [7, 11) is 0. The molecule has 3 rings (SSSR count). The van der Waals surface area contributed by atoms with Crippen LogP contribution in [-0.4, -0.2) is 32.9 Å². The Kier molecular flexibility index (Phi) is 4.68. The van der Waals surface area contributed by atoms with E-state index in [2.05, 4.69) is 10.4 Å². The maximum atomic E-state index is 12.5. The Hall–Kier alpha value is -1.85. The molecule has 23 heavy (non-hydrogen) atoms. The summed E-state index contributed by atoms with van der Waals surface area (Å²) >= 11 is 6.18. The van der Waals surface area contributed by atoms with Gasteiger partial charge in [-0.3, -0.25) is 4.79 Å². The van der Waals surface area contributed by atoms with Gasteiger partial charge in [-0.05, 0) is 31.9 Å². The number of nitrogens with one attached hydrogen (secondary N) is 1. The van der Waals surface area contributed by atoms with E-state index >= 15 is 0 Å². The molecule has 0 radical (unpaired) electrons. The molecule has 1 aliphatic carbocycles. The van der Waals surface area contributed by atoms with Crippen molar-refractivity contribution in [1.29, 1.82) is 0 Å². The van der Waals surface area contributed by atoms with Gasteiger partial charge in [0.25, 0.3) is 5.91 Å². The predicted octanol–water partition coefficient (Wildman–Crippen LogP) is 2.87. The zero-order chi connectivity index (χ0) is 16.4. The molecule has 1 aromatic carbocycles. The predicted molar refractivity (Wildman–Crippen MR) is 89.0 cm³/mol. The number of halogens is 1. The van der Waals surface area contributed by atoms with E-state index in [1.807, 2.05) is 25.1 Å². The molecule has 122 valence electrons. The molecule has 2 atom stereocenters. The monoisotopic (exact) mass is 333 g/mol. The number of benzene rings is 1. The minimum atomic E-state index is -0.473. The Bertz CT molecular complexity index is 714. The molecule has 0 spiro atoms. The number of aliphatic hydroxyl groups is 1. The molecule has 1 aromatic heterocycles. The summed E-state index contributed by atoms with van der Waals surface area (Å²) < 4.78 is 1.61. The van der Waals surface area contributed by atoms with Crippen LogP contribution in [0.5, 0.6) is 0 Å². The molecule has 1 aliphatic rings. The number of amides is 1. The SMILES string of the molecule is Cc1cn(-c2ccccc2Cl)nc1C(=O)NC1CCCCC1O. The van der Waals surface area contributed by atoms with E-state index in [4.69, 9.17) is 11.6 Å². The van der Waals surface area contributed by atoms with Crippen molar-refractivity contribution < 1.29 is 9.90 Å². The maximum absolute atomic E-state index is 12.5. The number of aromatic nitrogens is 2. The zero-order valence-corrected chi connectivity index (χ0v) is 13.8. The maximum Gasteiger partial charge on any atom is 0.272 e. The fourth-order valence-electron chi connectivity index (χ4n) is 2.96. The number of carbonyl (C=O) groups is 1. The lowest BCUT2D eigenvalue weighted by molar-refractivity contribution is 0.0713. The second-order valence-corrected chi connectivity index (χ2v) is 6.40. The molecule has 1 saturated carbocycles. The van der Waals surface area contributed by atoms with Crippen LogP contribution in [0.4, 0.5) is 0 Å². The van der Waals surface area contributed by atoms with E-state index in [1.54, 1.807) is 16.9 Å². The smallest absolute Gasteiger partial charge is 0.272 e. The minimum Gasteiger partial charge on any atom is -0.391 e. The van der Waals surface area contributed by atoms with Crippen LogP contribution >= 0.6 is 11.6 Å². The first-order chi connectivity index (χ1) is 11.1. The largest absolute Gasteiger partial charge is 0.391 e. The quantitative estimate of drug-likeness (QED) is 0.907. The highest BCUT2D eigenvalue weighted by Gasteiger charge is 2.26. The second-order valence-electron chi connectivity index (χ2n) is 5.99. The average molecular weight is 334 g/mol. The number of rotatable bonds is 3. The molecule has 5 nitrogen and oxygen atoms in total. The van der Waals surface area contributed by atoms with E-state index in [-0.39, 0.29) is 11.9 Å². The van der Waals surface area contributed by atoms with Gasteiger partial charge in [0, 0.05) is 11.8 Å². The van der Waals surface area contributed by atoms with Gasteiger partial charge in [0.15, 0.2) is 5.69 Å². The first kappa shape index (κ1) is 16.0. The highest BCUT2D eigenvalue weighted by molar-refractivity contribution is 6.32. The van der Waals surface area contributed by atoms with Crippen molar-refractivity contribution in [3.63, 3.8) is 0 Å². The van der Waals surface area contributed by atoms with Crippen LogP contribution in [0.2, 0.25) is 5.02 Å². The van der Waals surface area contributed by atoms with Crippen molar-refractivity contribution in [3.8, 4) is 5.69 Å². The highest BCUT2D eigenvalue weighted by atomic mass is 35.5. The van der Waals surface area contributed by atoms with Gasteiger partial charge in [-0.1, -0.05) is 36.6 Å². The molecule has 2 aromatic rings. The molecular formula is C17H20ClN3O2. The van der Waals surface area contributed by atoms with E-state index in [9.17, 15) is 9.90 Å². The number of nitrogens with zero attached hydrogens (tertiary/aromatic N) is 2. The van der Waals surface area contributed by atoms with Gasteiger partial charge in [-0.2, -0.15) is 5.10 Å². The van der Waals surface area contributed by atoms with Crippen LogP contribution in [0.25, 0.3) is 5.69 Å². The molecule has 0 bridgehead atoms. The molecular weight excluding hydrogens is 314 g/mol. The Labute approximate surface area is 140 Å². The first-order valence-electron chi connectivity index (χ1n) is 7.86. The lowest BCUT2D eigenvalue weighted by Crippen LogP contribution is -2.45. The van der Waals surface area contributed by atoms with Gasteiger partial charge < -0.3 is 10.4 Å². The highest BCUT2D eigenvalue weighted by Crippen LogP contribution is 2.22. The Morgan fingerprint density at radius 3 is 2.83 bits per heavy atom. The fraction of sp³-hybridized carbons (Fsp3) is 0.412. The van der Waals surface area contributed by atoms with E-state index in [1.165, 1.54) is 0 Å². The third-order valence-corrected chi connectivity index (χ3v) is 4.58. The number of aryl methyl sites for hydroxylation is 1. The van der Waals surface area contributed by atoms with Crippen molar-refractivity contribution >= 4 is 17.5 Å². The number of hydrogen-bond acceptors (Lipinski definition) is 3. The Morgan fingerprint density at radius 1 is 1.35 bits per heavy atom. The van der Waals surface area contributed by atoms with Crippen LogP contribution in [0.1, 0.15) is 41.7 Å². The van der Waals surface area contributed by atoms with Crippen LogP contribution in [0.3, 0.4) is 0 Å². The Morgan fingerprint density at radius 2 is 2.09 bits per heavy atom. The van der Waals surface area contributed by atoms with Gasteiger partial charge in [0.2, 0.25) is 0 Å². The summed E-state index contributed by atoms with van der Waals surface area (Å²) in [5.41, 5.74) is 1.87. The second kappa shape index (κ2) is 6.72. The minimum absolute atomic E-state index is 0.193. The summed E-state index contributed by atoms with van der Waals surface area (Å²) in [4.78, 5) is 12.5. The van der Waals surface area contributed by atoms with Crippen molar-refractivity contribution in [2.45, 2.75) is 44.8 Å². The summed E-state index contributed by atoms with van der Waals surface area (Å²) in [6, 6.07) is 7.16. The van der Waals surface area contributed by atoms with Gasteiger partial charge in [0.05, 0.1) is 22.9 Å².